The Hall–Kier alpha value is -1.50. The number of nitrogens with one attached hydrogen (secondary N) is 3. The second-order valence-corrected chi connectivity index (χ2v) is 3.53. The number of rotatable bonds is 0. The number of hydrogen-bond donors (Lipinski definition) is 3. The van der Waals surface area contributed by atoms with Crippen molar-refractivity contribution < 1.29 is 4.99 Å². The van der Waals surface area contributed by atoms with E-state index in [1.807, 2.05) is 6.19 Å². The van der Waals surface area contributed by atoms with E-state index in [-0.39, 0.29) is 5.54 Å². The maximum absolute atomic E-state index is 8.38. The Balaban J connectivity index is 2.82. The van der Waals surface area contributed by atoms with Crippen LogP contribution in [0.1, 0.15) is 20.3 Å². The molecule has 1 aliphatic heterocycles. The van der Waals surface area contributed by atoms with E-state index < -0.39 is 0 Å². The topological polar surface area (TPSA) is 61.8 Å². The van der Waals surface area contributed by atoms with Gasteiger partial charge in [-0.05, 0) is 13.8 Å². The lowest BCUT2D eigenvalue weighted by Gasteiger charge is -2.24. The molecule has 0 unspecified atom stereocenters. The van der Waals surface area contributed by atoms with Crippen molar-refractivity contribution >= 4 is 5.96 Å². The minimum absolute atomic E-state index is 0.0402. The van der Waals surface area contributed by atoms with Crippen LogP contribution in [0.15, 0.2) is 12.3 Å². The van der Waals surface area contributed by atoms with E-state index in [9.17, 15) is 0 Å². The van der Waals surface area contributed by atoms with E-state index in [0.717, 1.165) is 12.1 Å². The maximum atomic E-state index is 8.38. The van der Waals surface area contributed by atoms with Gasteiger partial charge in [-0.3, -0.25) is 4.99 Å². The molecule has 1 rings (SSSR count). The molecule has 0 spiro atoms. The van der Waals surface area contributed by atoms with Crippen LogP contribution in [-0.2, 0) is 0 Å². The molecule has 3 N–H and O–H groups in total. The SMILES string of the molecule is C=C1CC(C)(C)[NH+]=C(NC#N)N1. The molecular formula is C8H13N4+. The molecule has 0 aromatic carbocycles. The van der Waals surface area contributed by atoms with Crippen molar-refractivity contribution in [3.63, 3.8) is 0 Å². The van der Waals surface area contributed by atoms with Gasteiger partial charge in [-0.2, -0.15) is 10.6 Å². The molecular weight excluding hydrogens is 152 g/mol. The molecule has 1 heterocycles. The summed E-state index contributed by atoms with van der Waals surface area (Å²) in [6.07, 6.45) is 2.69. The van der Waals surface area contributed by atoms with E-state index in [2.05, 4.69) is 36.1 Å². The van der Waals surface area contributed by atoms with Crippen LogP contribution in [0.5, 0.6) is 0 Å². The largest absolute Gasteiger partial charge is 0.362 e. The highest BCUT2D eigenvalue weighted by Gasteiger charge is 2.27. The summed E-state index contributed by atoms with van der Waals surface area (Å²) in [5.41, 5.74) is 0.873. The Kier molecular flexibility index (Phi) is 2.05. The molecule has 12 heavy (non-hydrogen) atoms. The summed E-state index contributed by atoms with van der Waals surface area (Å²) in [7, 11) is 0. The van der Waals surface area contributed by atoms with Gasteiger partial charge in [0.2, 0.25) is 0 Å². The summed E-state index contributed by atoms with van der Waals surface area (Å²) in [6, 6.07) is 0. The van der Waals surface area contributed by atoms with Crippen molar-refractivity contribution in [2.45, 2.75) is 25.8 Å². The van der Waals surface area contributed by atoms with Gasteiger partial charge in [-0.25, -0.2) is 5.32 Å². The van der Waals surface area contributed by atoms with Crippen LogP contribution in [-0.4, -0.2) is 11.5 Å². The first-order valence-corrected chi connectivity index (χ1v) is 3.78. The lowest BCUT2D eigenvalue weighted by atomic mass is 9.98. The number of nitrogens with zero attached hydrogens (tertiary/aromatic N) is 1. The predicted octanol–water partition coefficient (Wildman–Crippen LogP) is -1.22. The lowest BCUT2D eigenvalue weighted by Crippen LogP contribution is -2.91. The third kappa shape index (κ3) is 1.99. The second-order valence-electron chi connectivity index (χ2n) is 3.53. The van der Waals surface area contributed by atoms with E-state index in [1.165, 1.54) is 0 Å². The molecule has 0 fully saturated rings. The quantitative estimate of drug-likeness (QED) is 0.311. The summed E-state index contributed by atoms with van der Waals surface area (Å²) in [5.74, 6) is 0.610. The van der Waals surface area contributed by atoms with Crippen LogP contribution in [0.4, 0.5) is 0 Å². The van der Waals surface area contributed by atoms with Gasteiger partial charge < -0.3 is 0 Å². The third-order valence-electron chi connectivity index (χ3n) is 1.60. The average molecular weight is 165 g/mol. The third-order valence-corrected chi connectivity index (χ3v) is 1.60. The summed E-state index contributed by atoms with van der Waals surface area (Å²) in [4.78, 5) is 3.14. The Labute approximate surface area is 72.0 Å². The highest BCUT2D eigenvalue weighted by molar-refractivity contribution is 5.77. The normalized spacial score (nSPS) is 20.4. The first-order valence-electron chi connectivity index (χ1n) is 3.78. The van der Waals surface area contributed by atoms with Gasteiger partial charge in [0.05, 0.1) is 11.2 Å². The molecule has 0 radical (unpaired) electrons. The average Bonchev–Trinajstić information content (AvgIpc) is 1.82. The molecule has 0 aromatic rings. The van der Waals surface area contributed by atoms with E-state index >= 15 is 0 Å². The molecule has 0 saturated heterocycles. The zero-order valence-electron chi connectivity index (χ0n) is 7.36. The fourth-order valence-corrected chi connectivity index (χ4v) is 1.29. The van der Waals surface area contributed by atoms with Crippen LogP contribution < -0.4 is 15.6 Å². The second kappa shape index (κ2) is 2.86. The Bertz CT molecular complexity index is 269. The molecule has 0 amide bonds. The van der Waals surface area contributed by atoms with Gasteiger partial charge in [0.1, 0.15) is 0 Å². The molecule has 64 valence electrons. The van der Waals surface area contributed by atoms with Crippen molar-refractivity contribution in [3.05, 3.63) is 12.3 Å². The molecule has 0 bridgehead atoms. The highest BCUT2D eigenvalue weighted by Crippen LogP contribution is 2.08. The first kappa shape index (κ1) is 8.60. The monoisotopic (exact) mass is 165 g/mol. The van der Waals surface area contributed by atoms with Crippen molar-refractivity contribution in [2.24, 2.45) is 0 Å². The Morgan fingerprint density at radius 1 is 1.75 bits per heavy atom. The zero-order chi connectivity index (χ0) is 9.19. The van der Waals surface area contributed by atoms with Gasteiger partial charge in [-0.1, -0.05) is 6.58 Å². The highest BCUT2D eigenvalue weighted by atomic mass is 15.2. The summed E-state index contributed by atoms with van der Waals surface area (Å²) >= 11 is 0. The standard InChI is InChI=1S/C8H12N4/c1-6-4-8(2,3)12-7(11-6)10-5-9/h1,4H2,2-3H3,(H2,10,11,12)/p+1. The lowest BCUT2D eigenvalue weighted by molar-refractivity contribution is -0.550. The first-order chi connectivity index (χ1) is 5.53. The van der Waals surface area contributed by atoms with Crippen LogP contribution >= 0.6 is 0 Å². The van der Waals surface area contributed by atoms with Crippen molar-refractivity contribution in [1.82, 2.24) is 10.6 Å². The van der Waals surface area contributed by atoms with E-state index in [0.29, 0.717) is 5.96 Å². The van der Waals surface area contributed by atoms with Gasteiger partial charge in [0.15, 0.2) is 0 Å². The molecule has 0 aromatic heterocycles. The number of guanidine groups is 1. The fourth-order valence-electron chi connectivity index (χ4n) is 1.29. The zero-order valence-corrected chi connectivity index (χ0v) is 7.36. The van der Waals surface area contributed by atoms with Gasteiger partial charge >= 0.3 is 5.96 Å². The number of nitriles is 1. The van der Waals surface area contributed by atoms with Crippen LogP contribution in [0.2, 0.25) is 0 Å². The maximum Gasteiger partial charge on any atom is 0.362 e. The fraction of sp³-hybridized carbons (Fsp3) is 0.500. The van der Waals surface area contributed by atoms with E-state index in [4.69, 9.17) is 5.26 Å². The molecule has 0 saturated carbocycles. The molecule has 1 aliphatic rings. The Morgan fingerprint density at radius 2 is 2.42 bits per heavy atom. The Morgan fingerprint density at radius 3 is 2.92 bits per heavy atom. The van der Waals surface area contributed by atoms with Crippen molar-refractivity contribution in [2.75, 3.05) is 0 Å². The molecule has 4 nitrogen and oxygen atoms in total. The molecule has 4 heteroatoms. The van der Waals surface area contributed by atoms with E-state index in [1.54, 1.807) is 0 Å². The van der Waals surface area contributed by atoms with Gasteiger partial charge in [0.25, 0.3) is 6.19 Å². The summed E-state index contributed by atoms with van der Waals surface area (Å²) in [5, 5.41) is 13.8. The van der Waals surface area contributed by atoms with Crippen LogP contribution in [0.3, 0.4) is 0 Å². The minimum Gasteiger partial charge on any atom is -0.272 e. The van der Waals surface area contributed by atoms with Crippen molar-refractivity contribution in [3.8, 4) is 6.19 Å². The van der Waals surface area contributed by atoms with Crippen LogP contribution in [0, 0.1) is 11.5 Å². The summed E-state index contributed by atoms with van der Waals surface area (Å²) in [6.45, 7) is 7.93. The number of hydrogen-bond acceptors (Lipinski definition) is 3. The summed E-state index contributed by atoms with van der Waals surface area (Å²) < 4.78 is 0. The van der Waals surface area contributed by atoms with Gasteiger partial charge in [0, 0.05) is 6.42 Å². The van der Waals surface area contributed by atoms with Gasteiger partial charge in [-0.15, -0.1) is 0 Å². The predicted molar refractivity (Wildman–Crippen MR) is 45.7 cm³/mol. The van der Waals surface area contributed by atoms with Crippen molar-refractivity contribution in [1.29, 1.82) is 5.26 Å². The molecule has 0 atom stereocenters. The molecule has 0 aliphatic carbocycles. The van der Waals surface area contributed by atoms with Crippen LogP contribution in [0.25, 0.3) is 0 Å². The smallest absolute Gasteiger partial charge is 0.272 e. The minimum atomic E-state index is -0.0402.